The Balaban J connectivity index is 0.00000128. The molecule has 2 aromatic rings. The topological polar surface area (TPSA) is 78.9 Å². The van der Waals surface area contributed by atoms with Gasteiger partial charge in [0.2, 0.25) is 0 Å². The lowest BCUT2D eigenvalue weighted by Gasteiger charge is -1.92. The van der Waals surface area contributed by atoms with Crippen LogP contribution >= 0.6 is 24.8 Å². The fourth-order valence-electron chi connectivity index (χ4n) is 1.29. The summed E-state index contributed by atoms with van der Waals surface area (Å²) in [5.41, 5.74) is 1.20. The summed E-state index contributed by atoms with van der Waals surface area (Å²) in [6.45, 7) is 1.67. The van der Waals surface area contributed by atoms with E-state index >= 15 is 0 Å². The highest BCUT2D eigenvalue weighted by Gasteiger charge is 2.14. The number of hydrogen-bond donors (Lipinski definition) is 2. The van der Waals surface area contributed by atoms with E-state index in [4.69, 9.17) is 5.11 Å². The van der Waals surface area contributed by atoms with Gasteiger partial charge < -0.3 is 10.1 Å². The first-order valence-electron chi connectivity index (χ1n) is 4.40. The molecule has 7 heteroatoms. The molecule has 0 saturated heterocycles. The summed E-state index contributed by atoms with van der Waals surface area (Å²) in [7, 11) is 0. The van der Waals surface area contributed by atoms with E-state index in [0.29, 0.717) is 17.2 Å². The van der Waals surface area contributed by atoms with Crippen molar-refractivity contribution in [3.05, 3.63) is 35.8 Å². The molecule has 2 aromatic heterocycles. The Hall–Kier alpha value is -1.59. The summed E-state index contributed by atoms with van der Waals surface area (Å²) in [4.78, 5) is 21.7. The van der Waals surface area contributed by atoms with Gasteiger partial charge in [0.25, 0.3) is 0 Å². The molecule has 0 fully saturated rings. The molecule has 2 heterocycles. The highest BCUT2D eigenvalue weighted by atomic mass is 35.5. The molecule has 0 unspecified atom stereocenters. The normalized spacial score (nSPS) is 9.00. The summed E-state index contributed by atoms with van der Waals surface area (Å²) in [6, 6.07) is 5.38. The maximum Gasteiger partial charge on any atom is 0.356 e. The Morgan fingerprint density at radius 1 is 1.35 bits per heavy atom. The second-order valence-electron chi connectivity index (χ2n) is 3.08. The van der Waals surface area contributed by atoms with Crippen LogP contribution in [-0.4, -0.2) is 26.0 Å². The van der Waals surface area contributed by atoms with Crippen LogP contribution in [0.25, 0.3) is 11.5 Å². The average molecular weight is 276 g/mol. The lowest BCUT2D eigenvalue weighted by Crippen LogP contribution is -1.98. The molecule has 5 nitrogen and oxygen atoms in total. The zero-order valence-corrected chi connectivity index (χ0v) is 10.5. The number of carboxylic acid groups (broad SMARTS) is 1. The van der Waals surface area contributed by atoms with Crippen molar-refractivity contribution in [1.82, 2.24) is 15.0 Å². The highest BCUT2D eigenvalue weighted by molar-refractivity contribution is 5.87. The van der Waals surface area contributed by atoms with E-state index in [1.807, 2.05) is 6.07 Å². The first kappa shape index (κ1) is 15.4. The van der Waals surface area contributed by atoms with Crippen molar-refractivity contribution in [1.29, 1.82) is 0 Å². The molecule has 2 rings (SSSR count). The van der Waals surface area contributed by atoms with Crippen molar-refractivity contribution in [2.75, 3.05) is 0 Å². The van der Waals surface area contributed by atoms with Crippen LogP contribution in [0, 0.1) is 6.92 Å². The smallest absolute Gasteiger partial charge is 0.356 e. The van der Waals surface area contributed by atoms with Crippen molar-refractivity contribution in [2.45, 2.75) is 6.92 Å². The third-order valence-electron chi connectivity index (χ3n) is 1.99. The maximum atomic E-state index is 10.8. The third kappa shape index (κ3) is 3.18. The Morgan fingerprint density at radius 2 is 2.06 bits per heavy atom. The van der Waals surface area contributed by atoms with Crippen LogP contribution in [0.1, 0.15) is 16.2 Å². The summed E-state index contributed by atoms with van der Waals surface area (Å²) in [5, 5.41) is 8.82. The standard InChI is InChI=1S/C10H9N3O2.2ClH/c1-6-8(10(14)15)13-9(12-6)7-4-2-3-5-11-7;;/h2-5H,1H3,(H,12,13)(H,14,15);2*1H. The van der Waals surface area contributed by atoms with Gasteiger partial charge in [0.15, 0.2) is 11.5 Å². The molecule has 0 aliphatic carbocycles. The number of carbonyl (C=O) groups is 1. The fraction of sp³-hybridized carbons (Fsp3) is 0.100. The first-order chi connectivity index (χ1) is 7.18. The Kier molecular flexibility index (Phi) is 5.64. The summed E-state index contributed by atoms with van der Waals surface area (Å²) >= 11 is 0. The molecule has 0 saturated carbocycles. The van der Waals surface area contributed by atoms with Crippen molar-refractivity contribution in [2.24, 2.45) is 0 Å². The summed E-state index contributed by atoms with van der Waals surface area (Å²) in [6.07, 6.45) is 1.63. The van der Waals surface area contributed by atoms with Crippen LogP contribution in [0.15, 0.2) is 24.4 Å². The lowest BCUT2D eigenvalue weighted by molar-refractivity contribution is 0.0690. The van der Waals surface area contributed by atoms with Gasteiger partial charge in [-0.25, -0.2) is 9.78 Å². The second kappa shape index (κ2) is 6.22. The molecule has 0 aliphatic heterocycles. The minimum absolute atomic E-state index is 0. The predicted molar refractivity (Wildman–Crippen MR) is 68.0 cm³/mol. The van der Waals surface area contributed by atoms with Crippen molar-refractivity contribution in [3.63, 3.8) is 0 Å². The first-order valence-corrected chi connectivity index (χ1v) is 4.40. The molecule has 0 atom stereocenters. The number of aryl methyl sites for hydroxylation is 1. The number of aromatic amines is 1. The Labute approximate surface area is 110 Å². The van der Waals surface area contributed by atoms with Crippen LogP contribution in [0.2, 0.25) is 0 Å². The van der Waals surface area contributed by atoms with Crippen molar-refractivity contribution in [3.8, 4) is 11.5 Å². The molecule has 0 aromatic carbocycles. The van der Waals surface area contributed by atoms with Gasteiger partial charge in [-0.05, 0) is 19.1 Å². The lowest BCUT2D eigenvalue weighted by atomic mass is 10.3. The van der Waals surface area contributed by atoms with E-state index in [-0.39, 0.29) is 30.5 Å². The largest absolute Gasteiger partial charge is 0.476 e. The van der Waals surface area contributed by atoms with Crippen LogP contribution in [0.5, 0.6) is 0 Å². The molecule has 0 aliphatic rings. The minimum atomic E-state index is -1.04. The number of rotatable bonds is 2. The number of carboxylic acids is 1. The molecular formula is C10H11Cl2N3O2. The number of halogens is 2. The maximum absolute atomic E-state index is 10.8. The van der Waals surface area contributed by atoms with E-state index < -0.39 is 5.97 Å². The highest BCUT2D eigenvalue weighted by Crippen LogP contribution is 2.14. The van der Waals surface area contributed by atoms with Gasteiger partial charge in [0, 0.05) is 11.9 Å². The Morgan fingerprint density at radius 3 is 2.53 bits per heavy atom. The average Bonchev–Trinajstić information content (AvgIpc) is 2.62. The van der Waals surface area contributed by atoms with Gasteiger partial charge in [-0.15, -0.1) is 24.8 Å². The molecule has 0 spiro atoms. The number of nitrogens with one attached hydrogen (secondary N) is 1. The van der Waals surface area contributed by atoms with E-state index in [2.05, 4.69) is 15.0 Å². The van der Waals surface area contributed by atoms with E-state index in [1.165, 1.54) is 0 Å². The molecule has 0 bridgehead atoms. The summed E-state index contributed by atoms with van der Waals surface area (Å²) in [5.74, 6) is -0.559. The van der Waals surface area contributed by atoms with Crippen LogP contribution in [-0.2, 0) is 0 Å². The van der Waals surface area contributed by atoms with Crippen LogP contribution in [0.3, 0.4) is 0 Å². The SMILES string of the molecule is Cc1[nH]c(-c2ccccn2)nc1C(=O)O.Cl.Cl. The zero-order valence-electron chi connectivity index (χ0n) is 8.88. The number of aromatic carboxylic acids is 1. The molecule has 92 valence electrons. The molecule has 17 heavy (non-hydrogen) atoms. The van der Waals surface area contributed by atoms with Gasteiger partial charge >= 0.3 is 5.97 Å². The molecule has 2 N–H and O–H groups in total. The Bertz CT molecular complexity index is 500. The monoisotopic (exact) mass is 275 g/mol. The van der Waals surface area contributed by atoms with E-state index in [1.54, 1.807) is 25.3 Å². The van der Waals surface area contributed by atoms with E-state index in [9.17, 15) is 4.79 Å². The molecular weight excluding hydrogens is 265 g/mol. The third-order valence-corrected chi connectivity index (χ3v) is 1.99. The number of aromatic nitrogens is 3. The van der Waals surface area contributed by atoms with Crippen LogP contribution < -0.4 is 0 Å². The van der Waals surface area contributed by atoms with Gasteiger partial charge in [-0.2, -0.15) is 0 Å². The predicted octanol–water partition coefficient (Wildman–Crippen LogP) is 2.32. The number of hydrogen-bond acceptors (Lipinski definition) is 3. The number of pyridine rings is 1. The van der Waals surface area contributed by atoms with Gasteiger partial charge in [-0.1, -0.05) is 6.07 Å². The number of H-pyrrole nitrogens is 1. The van der Waals surface area contributed by atoms with E-state index in [0.717, 1.165) is 0 Å². The quantitative estimate of drug-likeness (QED) is 0.882. The fourth-order valence-corrected chi connectivity index (χ4v) is 1.29. The second-order valence-corrected chi connectivity index (χ2v) is 3.08. The van der Waals surface area contributed by atoms with Gasteiger partial charge in [-0.3, -0.25) is 4.98 Å². The summed E-state index contributed by atoms with van der Waals surface area (Å²) < 4.78 is 0. The van der Waals surface area contributed by atoms with Crippen LogP contribution in [0.4, 0.5) is 0 Å². The van der Waals surface area contributed by atoms with Gasteiger partial charge in [0.05, 0.1) is 0 Å². The number of imidazole rings is 1. The van der Waals surface area contributed by atoms with Crippen molar-refractivity contribution < 1.29 is 9.90 Å². The zero-order chi connectivity index (χ0) is 10.8. The minimum Gasteiger partial charge on any atom is -0.476 e. The van der Waals surface area contributed by atoms with Crippen molar-refractivity contribution >= 4 is 30.8 Å². The number of nitrogens with zero attached hydrogens (tertiary/aromatic N) is 2. The van der Waals surface area contributed by atoms with Gasteiger partial charge in [0.1, 0.15) is 5.69 Å². The molecule has 0 amide bonds. The molecule has 0 radical (unpaired) electrons.